The molecule has 0 saturated carbocycles. The second kappa shape index (κ2) is 16.4. The zero-order valence-electron chi connectivity index (χ0n) is 25.0. The summed E-state index contributed by atoms with van der Waals surface area (Å²) in [4.78, 5) is 40.6. The van der Waals surface area contributed by atoms with E-state index in [2.05, 4.69) is 16.0 Å². The maximum Gasteiger partial charge on any atom is 0.272 e. The highest BCUT2D eigenvalue weighted by molar-refractivity contribution is 8.00. The van der Waals surface area contributed by atoms with Crippen molar-refractivity contribution >= 4 is 81.7 Å². The minimum Gasteiger partial charge on any atom is -0.495 e. The van der Waals surface area contributed by atoms with Crippen LogP contribution in [0.15, 0.2) is 95.5 Å². The summed E-state index contributed by atoms with van der Waals surface area (Å²) in [7, 11) is 2.98. The van der Waals surface area contributed by atoms with Crippen LogP contribution in [0.4, 0.5) is 11.4 Å². The average Bonchev–Trinajstić information content (AvgIpc) is 3.05. The molecule has 12 heteroatoms. The average molecular weight is 699 g/mol. The number of benzene rings is 4. The lowest BCUT2D eigenvalue weighted by atomic mass is 10.1. The van der Waals surface area contributed by atoms with Crippen LogP contribution >= 0.6 is 46.6 Å². The first-order valence-corrected chi connectivity index (χ1v) is 16.0. The SMILES string of the molecule is CCC(Sc1cccc(NC(=O)/C(=C\c2c(Cl)cccc2Cl)NC(=O)c2ccccc2)c1)C(=O)Nc1cc(Cl)c(OC)cc1OC. The fourth-order valence-corrected chi connectivity index (χ4v) is 6.00. The molecule has 0 aliphatic carbocycles. The maximum absolute atomic E-state index is 13.6. The molecule has 3 amide bonds. The molecule has 8 nitrogen and oxygen atoms in total. The molecule has 46 heavy (non-hydrogen) atoms. The van der Waals surface area contributed by atoms with Crippen molar-refractivity contribution in [3.05, 3.63) is 117 Å². The molecule has 1 unspecified atom stereocenters. The van der Waals surface area contributed by atoms with E-state index >= 15 is 0 Å². The van der Waals surface area contributed by atoms with Crippen molar-refractivity contribution in [1.29, 1.82) is 0 Å². The van der Waals surface area contributed by atoms with Gasteiger partial charge in [0.15, 0.2) is 0 Å². The Morgan fingerprint density at radius 2 is 1.48 bits per heavy atom. The minimum absolute atomic E-state index is 0.0696. The normalized spacial score (nSPS) is 11.7. The zero-order chi connectivity index (χ0) is 33.2. The van der Waals surface area contributed by atoms with Crippen molar-refractivity contribution in [1.82, 2.24) is 5.32 Å². The highest BCUT2D eigenvalue weighted by atomic mass is 35.5. The topological polar surface area (TPSA) is 106 Å². The summed E-state index contributed by atoms with van der Waals surface area (Å²) >= 11 is 20.3. The summed E-state index contributed by atoms with van der Waals surface area (Å²) in [5.74, 6) is -0.520. The van der Waals surface area contributed by atoms with E-state index in [4.69, 9.17) is 44.3 Å². The van der Waals surface area contributed by atoms with Crippen LogP contribution in [-0.4, -0.2) is 37.2 Å². The first-order chi connectivity index (χ1) is 22.1. The second-order valence-corrected chi connectivity index (χ2v) is 12.2. The van der Waals surface area contributed by atoms with Crippen LogP contribution in [0.2, 0.25) is 15.1 Å². The number of ether oxygens (including phenoxy) is 2. The van der Waals surface area contributed by atoms with E-state index in [1.54, 1.807) is 78.9 Å². The van der Waals surface area contributed by atoms with Crippen molar-refractivity contribution in [2.45, 2.75) is 23.5 Å². The number of carbonyl (C=O) groups excluding carboxylic acids is 3. The van der Waals surface area contributed by atoms with Gasteiger partial charge in [-0.2, -0.15) is 0 Å². The molecule has 0 bridgehead atoms. The summed E-state index contributed by atoms with van der Waals surface area (Å²) in [6.07, 6.45) is 1.94. The first-order valence-electron chi connectivity index (χ1n) is 14.0. The Morgan fingerprint density at radius 1 is 0.804 bits per heavy atom. The number of rotatable bonds is 12. The smallest absolute Gasteiger partial charge is 0.272 e. The molecule has 1 atom stereocenters. The fourth-order valence-electron chi connectivity index (χ4n) is 4.24. The van der Waals surface area contributed by atoms with Crippen molar-refractivity contribution < 1.29 is 23.9 Å². The molecule has 4 aromatic carbocycles. The molecule has 0 radical (unpaired) electrons. The Kier molecular flexibility index (Phi) is 12.4. The molecular weight excluding hydrogens is 669 g/mol. The largest absolute Gasteiger partial charge is 0.495 e. The molecule has 0 aliphatic rings. The second-order valence-electron chi connectivity index (χ2n) is 9.69. The third-order valence-corrected chi connectivity index (χ3v) is 8.90. The summed E-state index contributed by atoms with van der Waals surface area (Å²) in [5.41, 5.74) is 1.52. The van der Waals surface area contributed by atoms with Gasteiger partial charge in [0.05, 0.1) is 30.2 Å². The highest BCUT2D eigenvalue weighted by Crippen LogP contribution is 2.37. The van der Waals surface area contributed by atoms with Crippen LogP contribution in [0.5, 0.6) is 11.5 Å². The van der Waals surface area contributed by atoms with E-state index in [0.29, 0.717) is 55.5 Å². The van der Waals surface area contributed by atoms with Gasteiger partial charge in [-0.05, 0) is 61.0 Å². The lowest BCUT2D eigenvalue weighted by Crippen LogP contribution is -2.30. The van der Waals surface area contributed by atoms with Gasteiger partial charge in [-0.25, -0.2) is 0 Å². The third kappa shape index (κ3) is 8.98. The van der Waals surface area contributed by atoms with Gasteiger partial charge in [0.1, 0.15) is 17.2 Å². The number of anilines is 2. The number of carbonyl (C=O) groups is 3. The van der Waals surface area contributed by atoms with Crippen molar-refractivity contribution in [2.75, 3.05) is 24.9 Å². The number of thioether (sulfide) groups is 1. The maximum atomic E-state index is 13.6. The van der Waals surface area contributed by atoms with Gasteiger partial charge in [0.2, 0.25) is 5.91 Å². The quantitative estimate of drug-likeness (QED) is 0.101. The van der Waals surface area contributed by atoms with E-state index in [1.165, 1.54) is 32.1 Å². The van der Waals surface area contributed by atoms with Crippen molar-refractivity contribution in [2.24, 2.45) is 0 Å². The van der Waals surface area contributed by atoms with Crippen LogP contribution in [-0.2, 0) is 9.59 Å². The molecule has 0 fully saturated rings. The molecule has 4 rings (SSSR count). The van der Waals surface area contributed by atoms with Gasteiger partial charge in [0.25, 0.3) is 11.8 Å². The van der Waals surface area contributed by atoms with Gasteiger partial charge in [-0.15, -0.1) is 11.8 Å². The number of amides is 3. The molecule has 3 N–H and O–H groups in total. The predicted molar refractivity (Wildman–Crippen MR) is 187 cm³/mol. The Balaban J connectivity index is 1.53. The van der Waals surface area contributed by atoms with Crippen LogP contribution in [0, 0.1) is 0 Å². The number of halogens is 3. The zero-order valence-corrected chi connectivity index (χ0v) is 28.1. The molecule has 4 aromatic rings. The first kappa shape index (κ1) is 34.7. The van der Waals surface area contributed by atoms with Gasteiger partial charge in [0, 0.05) is 37.8 Å². The standard InChI is InChI=1S/C34H30Cl3N3O5S/c1-4-31(34(43)39-27-18-26(37)29(44-2)19-30(27)45-3)46-22-13-8-12-21(16-22)38-33(42)28(17-23-24(35)14-9-15-25(23)36)40-32(41)20-10-6-5-7-11-20/h5-19,31H,4H2,1-3H3,(H,38,42)(H,39,43)(H,40,41)/b28-17+. The highest BCUT2D eigenvalue weighted by Gasteiger charge is 2.22. The van der Waals surface area contributed by atoms with Gasteiger partial charge in [-0.1, -0.05) is 72.1 Å². The van der Waals surface area contributed by atoms with Crippen molar-refractivity contribution in [3.8, 4) is 11.5 Å². The lowest BCUT2D eigenvalue weighted by molar-refractivity contribution is -0.116. The Labute approximate surface area is 286 Å². The van der Waals surface area contributed by atoms with Crippen molar-refractivity contribution in [3.63, 3.8) is 0 Å². The molecular formula is C34H30Cl3N3O5S. The van der Waals surface area contributed by atoms with E-state index in [0.717, 1.165) is 4.90 Å². The number of hydrogen-bond acceptors (Lipinski definition) is 6. The molecule has 0 aromatic heterocycles. The Bertz CT molecular complexity index is 1750. The monoisotopic (exact) mass is 697 g/mol. The Hall–Kier alpha value is -4.15. The Morgan fingerprint density at radius 3 is 2.13 bits per heavy atom. The van der Waals surface area contributed by atoms with Gasteiger partial charge in [-0.3, -0.25) is 14.4 Å². The number of nitrogens with one attached hydrogen (secondary N) is 3. The van der Waals surface area contributed by atoms with E-state index in [9.17, 15) is 14.4 Å². The van der Waals surface area contributed by atoms with Crippen LogP contribution < -0.4 is 25.4 Å². The van der Waals surface area contributed by atoms with E-state index < -0.39 is 17.1 Å². The van der Waals surface area contributed by atoms with Crippen LogP contribution in [0.1, 0.15) is 29.3 Å². The minimum atomic E-state index is -0.601. The molecule has 0 saturated heterocycles. The molecule has 0 aliphatic heterocycles. The van der Waals surface area contributed by atoms with Gasteiger partial charge >= 0.3 is 0 Å². The lowest BCUT2D eigenvalue weighted by Gasteiger charge is -2.18. The third-order valence-electron chi connectivity index (χ3n) is 6.58. The van der Waals surface area contributed by atoms with E-state index in [1.807, 2.05) is 13.0 Å². The fraction of sp³-hybridized carbons (Fsp3) is 0.147. The summed E-state index contributed by atoms with van der Waals surface area (Å²) < 4.78 is 10.6. The molecule has 0 heterocycles. The summed E-state index contributed by atoms with van der Waals surface area (Å²) in [6, 6.07) is 23.6. The predicted octanol–water partition coefficient (Wildman–Crippen LogP) is 8.58. The van der Waals surface area contributed by atoms with Crippen LogP contribution in [0.25, 0.3) is 6.08 Å². The van der Waals surface area contributed by atoms with E-state index in [-0.39, 0.29) is 11.6 Å². The van der Waals surface area contributed by atoms with Gasteiger partial charge < -0.3 is 25.4 Å². The summed E-state index contributed by atoms with van der Waals surface area (Å²) in [6.45, 7) is 1.90. The summed E-state index contributed by atoms with van der Waals surface area (Å²) in [5, 5.41) is 8.85. The van der Waals surface area contributed by atoms with Crippen LogP contribution in [0.3, 0.4) is 0 Å². The molecule has 238 valence electrons. The molecule has 0 spiro atoms. The number of methoxy groups -OCH3 is 2. The number of hydrogen-bond donors (Lipinski definition) is 3.